The summed E-state index contributed by atoms with van der Waals surface area (Å²) in [5, 5.41) is 0.845. The first-order valence-corrected chi connectivity index (χ1v) is 13.2. The Morgan fingerprint density at radius 2 is 1.59 bits per heavy atom. The topological polar surface area (TPSA) is 93.9 Å². The molecule has 0 amide bonds. The molecular formula is C23H27BrN4O5S. The monoisotopic (exact) mass is 550 g/mol. The highest BCUT2D eigenvalue weighted by molar-refractivity contribution is 9.10. The molecule has 9 nitrogen and oxygen atoms in total. The van der Waals surface area contributed by atoms with Gasteiger partial charge in [-0.3, -0.25) is 14.3 Å². The Balaban J connectivity index is 1.39. The number of hydrogen-bond donors (Lipinski definition) is 0. The fourth-order valence-electron chi connectivity index (χ4n) is 4.30. The maximum absolute atomic E-state index is 13.2. The molecule has 34 heavy (non-hydrogen) atoms. The van der Waals surface area contributed by atoms with Crippen molar-refractivity contribution in [3.63, 3.8) is 0 Å². The minimum Gasteiger partial charge on any atom is -0.495 e. The average molecular weight is 551 g/mol. The molecule has 1 saturated heterocycles. The summed E-state index contributed by atoms with van der Waals surface area (Å²) in [5.74, 6) is 0.317. The van der Waals surface area contributed by atoms with Crippen LogP contribution in [0.25, 0.3) is 10.8 Å². The van der Waals surface area contributed by atoms with Gasteiger partial charge in [-0.2, -0.15) is 4.31 Å². The maximum Gasteiger partial charge on any atom is 0.273 e. The highest BCUT2D eigenvalue weighted by atomic mass is 79.9. The molecule has 1 fully saturated rings. The zero-order valence-corrected chi connectivity index (χ0v) is 21.5. The molecule has 0 bridgehead atoms. The fraction of sp³-hybridized carbons (Fsp3) is 0.391. The first-order chi connectivity index (χ1) is 16.2. The number of hydrogen-bond acceptors (Lipinski definition) is 6. The predicted molar refractivity (Wildman–Crippen MR) is 134 cm³/mol. The van der Waals surface area contributed by atoms with E-state index >= 15 is 0 Å². The molecule has 2 heterocycles. The number of ether oxygens (including phenoxy) is 1. The van der Waals surface area contributed by atoms with Crippen molar-refractivity contribution in [3.8, 4) is 5.75 Å². The van der Waals surface area contributed by atoms with E-state index in [4.69, 9.17) is 4.74 Å². The number of methoxy groups -OCH3 is 1. The van der Waals surface area contributed by atoms with Crippen LogP contribution < -0.4 is 15.9 Å². The summed E-state index contributed by atoms with van der Waals surface area (Å²) in [6.45, 7) is 3.01. The number of benzene rings is 2. The molecule has 1 aliphatic rings. The Hall–Kier alpha value is -2.47. The number of fused-ring (bicyclic) bond motifs is 1. The first-order valence-electron chi connectivity index (χ1n) is 11.0. The van der Waals surface area contributed by atoms with Crippen molar-refractivity contribution in [1.29, 1.82) is 0 Å². The predicted octanol–water partition coefficient (Wildman–Crippen LogP) is 1.87. The Labute approximate surface area is 206 Å². The second-order valence-electron chi connectivity index (χ2n) is 8.20. The van der Waals surface area contributed by atoms with Crippen LogP contribution >= 0.6 is 15.9 Å². The number of sulfonamides is 1. The lowest BCUT2D eigenvalue weighted by atomic mass is 10.2. The summed E-state index contributed by atoms with van der Waals surface area (Å²) in [7, 11) is -0.620. The SMILES string of the molecule is COc1ccc(Br)cc1S(=O)(=O)N1CCN(CCCn2c(=O)c3ccccc3c(=O)n2C)CC1. The van der Waals surface area contributed by atoms with Crippen LogP contribution in [0.15, 0.2) is 61.4 Å². The van der Waals surface area contributed by atoms with Crippen molar-refractivity contribution in [2.45, 2.75) is 17.9 Å². The van der Waals surface area contributed by atoms with Gasteiger partial charge in [0.05, 0.1) is 17.9 Å². The van der Waals surface area contributed by atoms with Gasteiger partial charge >= 0.3 is 0 Å². The van der Waals surface area contributed by atoms with Gasteiger partial charge in [0.25, 0.3) is 11.1 Å². The molecule has 2 aromatic carbocycles. The zero-order chi connectivity index (χ0) is 24.5. The van der Waals surface area contributed by atoms with Crippen LogP contribution in [0.2, 0.25) is 0 Å². The van der Waals surface area contributed by atoms with Gasteiger partial charge in [-0.05, 0) is 36.8 Å². The van der Waals surface area contributed by atoms with Crippen LogP contribution in [0, 0.1) is 0 Å². The normalized spacial score (nSPS) is 15.6. The number of rotatable bonds is 7. The summed E-state index contributed by atoms with van der Waals surface area (Å²) in [6.07, 6.45) is 0.664. The largest absolute Gasteiger partial charge is 0.495 e. The van der Waals surface area contributed by atoms with E-state index in [1.807, 2.05) is 0 Å². The van der Waals surface area contributed by atoms with Crippen molar-refractivity contribution in [3.05, 3.63) is 67.6 Å². The van der Waals surface area contributed by atoms with E-state index in [-0.39, 0.29) is 16.0 Å². The molecule has 0 atom stereocenters. The standard InChI is InChI=1S/C23H27BrN4O5S/c1-25-22(29)18-6-3-4-7-19(18)23(30)28(25)11-5-10-26-12-14-27(15-13-26)34(31,32)21-16-17(24)8-9-20(21)33-2/h3-4,6-9,16H,5,10-15H2,1-2H3. The van der Waals surface area contributed by atoms with Gasteiger partial charge in [0, 0.05) is 50.8 Å². The molecule has 0 aliphatic carbocycles. The van der Waals surface area contributed by atoms with Crippen molar-refractivity contribution in [1.82, 2.24) is 18.6 Å². The number of nitrogens with zero attached hydrogens (tertiary/aromatic N) is 4. The van der Waals surface area contributed by atoms with Crippen LogP contribution in [-0.4, -0.2) is 66.8 Å². The Morgan fingerprint density at radius 3 is 2.24 bits per heavy atom. The molecule has 182 valence electrons. The molecule has 3 aromatic rings. The molecule has 0 unspecified atom stereocenters. The third-order valence-corrected chi connectivity index (χ3v) is 8.61. The number of halogens is 1. The van der Waals surface area contributed by atoms with Gasteiger partial charge in [0.2, 0.25) is 10.0 Å². The second kappa shape index (κ2) is 10.0. The van der Waals surface area contributed by atoms with Crippen molar-refractivity contribution >= 4 is 36.7 Å². The van der Waals surface area contributed by atoms with Crippen LogP contribution in [0.3, 0.4) is 0 Å². The molecule has 1 aromatic heterocycles. The second-order valence-corrected chi connectivity index (χ2v) is 11.0. The van der Waals surface area contributed by atoms with Gasteiger partial charge in [0.1, 0.15) is 10.6 Å². The molecule has 0 radical (unpaired) electrons. The smallest absolute Gasteiger partial charge is 0.273 e. The Morgan fingerprint density at radius 1 is 0.941 bits per heavy atom. The highest BCUT2D eigenvalue weighted by Gasteiger charge is 2.31. The summed E-state index contributed by atoms with van der Waals surface area (Å²) < 4.78 is 36.6. The van der Waals surface area contributed by atoms with Crippen LogP contribution in [0.1, 0.15) is 6.42 Å². The molecule has 11 heteroatoms. The maximum atomic E-state index is 13.2. The average Bonchev–Trinajstić information content (AvgIpc) is 2.85. The molecule has 0 spiro atoms. The van der Waals surface area contributed by atoms with Crippen molar-refractivity contribution in [2.24, 2.45) is 7.05 Å². The Bertz CT molecular complexity index is 1430. The van der Waals surface area contributed by atoms with Crippen molar-refractivity contribution in [2.75, 3.05) is 39.8 Å². The molecule has 1 aliphatic heterocycles. The van der Waals surface area contributed by atoms with Gasteiger partial charge < -0.3 is 9.64 Å². The highest BCUT2D eigenvalue weighted by Crippen LogP contribution is 2.30. The summed E-state index contributed by atoms with van der Waals surface area (Å²) in [5.41, 5.74) is -0.381. The van der Waals surface area contributed by atoms with Crippen LogP contribution in [0.5, 0.6) is 5.75 Å². The quantitative estimate of drug-likeness (QED) is 0.445. The lowest BCUT2D eigenvalue weighted by Gasteiger charge is -2.34. The van der Waals surface area contributed by atoms with E-state index in [2.05, 4.69) is 20.8 Å². The lowest BCUT2D eigenvalue weighted by Crippen LogP contribution is -2.49. The Kier molecular flexibility index (Phi) is 7.27. The van der Waals surface area contributed by atoms with Gasteiger partial charge in [0.15, 0.2) is 0 Å². The van der Waals surface area contributed by atoms with E-state index in [0.717, 1.165) is 0 Å². The zero-order valence-electron chi connectivity index (χ0n) is 19.1. The van der Waals surface area contributed by atoms with Gasteiger partial charge in [-0.1, -0.05) is 28.1 Å². The number of aromatic nitrogens is 2. The first kappa shape index (κ1) is 24.6. The minimum atomic E-state index is -3.68. The number of piperazine rings is 1. The molecule has 0 saturated carbocycles. The summed E-state index contributed by atoms with van der Waals surface area (Å²) >= 11 is 3.33. The van der Waals surface area contributed by atoms with E-state index in [0.29, 0.717) is 66.7 Å². The molecule has 0 N–H and O–H groups in total. The molecular weight excluding hydrogens is 524 g/mol. The van der Waals surface area contributed by atoms with Crippen LogP contribution in [-0.2, 0) is 23.6 Å². The summed E-state index contributed by atoms with van der Waals surface area (Å²) in [6, 6.07) is 11.8. The van der Waals surface area contributed by atoms with E-state index < -0.39 is 10.0 Å². The van der Waals surface area contributed by atoms with Gasteiger partial charge in [-0.15, -0.1) is 0 Å². The lowest BCUT2D eigenvalue weighted by molar-refractivity contribution is 0.182. The van der Waals surface area contributed by atoms with E-state index in [9.17, 15) is 18.0 Å². The minimum absolute atomic E-state index is 0.148. The summed E-state index contributed by atoms with van der Waals surface area (Å²) in [4.78, 5) is 27.8. The van der Waals surface area contributed by atoms with Gasteiger partial charge in [-0.25, -0.2) is 13.1 Å². The fourth-order valence-corrected chi connectivity index (χ4v) is 6.41. The van der Waals surface area contributed by atoms with E-state index in [1.54, 1.807) is 49.5 Å². The molecule has 4 rings (SSSR count). The third-order valence-electron chi connectivity index (χ3n) is 6.20. The third kappa shape index (κ3) is 4.70. The van der Waals surface area contributed by atoms with Crippen LogP contribution in [0.4, 0.5) is 0 Å². The van der Waals surface area contributed by atoms with Crippen molar-refractivity contribution < 1.29 is 13.2 Å². The van der Waals surface area contributed by atoms with E-state index in [1.165, 1.54) is 20.8 Å².